The highest BCUT2D eigenvalue weighted by molar-refractivity contribution is 7.18. The molecule has 3 rings (SSSR count). The second-order valence-electron chi connectivity index (χ2n) is 5.88. The molecule has 0 radical (unpaired) electrons. The van der Waals surface area contributed by atoms with E-state index in [1.807, 2.05) is 31.2 Å². The molecule has 2 aromatic carbocycles. The van der Waals surface area contributed by atoms with Crippen molar-refractivity contribution in [2.75, 3.05) is 13.7 Å². The van der Waals surface area contributed by atoms with E-state index in [9.17, 15) is 9.59 Å². The van der Waals surface area contributed by atoms with Gasteiger partial charge in [-0.1, -0.05) is 12.1 Å². The van der Waals surface area contributed by atoms with Crippen LogP contribution in [-0.4, -0.2) is 35.4 Å². The molecule has 1 atom stereocenters. The Morgan fingerprint density at radius 2 is 1.88 bits per heavy atom. The lowest BCUT2D eigenvalue weighted by Crippen LogP contribution is -2.33. The van der Waals surface area contributed by atoms with Crippen LogP contribution in [0.2, 0.25) is 0 Å². The van der Waals surface area contributed by atoms with Gasteiger partial charge in [-0.2, -0.15) is 0 Å². The lowest BCUT2D eigenvalue weighted by Gasteiger charge is -2.23. The van der Waals surface area contributed by atoms with E-state index < -0.39 is 5.91 Å². The van der Waals surface area contributed by atoms with Gasteiger partial charge in [-0.25, -0.2) is 4.98 Å². The predicted octanol–water partition coefficient (Wildman–Crippen LogP) is 2.99. The number of para-hydroxylation sites is 1. The zero-order valence-electron chi connectivity index (χ0n) is 14.5. The topological polar surface area (TPSA) is 85.5 Å². The summed E-state index contributed by atoms with van der Waals surface area (Å²) in [5.41, 5.74) is 6.53. The van der Waals surface area contributed by atoms with Gasteiger partial charge < -0.3 is 15.4 Å². The molecular formula is C19H19N3O3S. The van der Waals surface area contributed by atoms with Crippen LogP contribution in [-0.2, 0) is 4.79 Å². The second-order valence-corrected chi connectivity index (χ2v) is 6.94. The summed E-state index contributed by atoms with van der Waals surface area (Å²) in [6, 6.07) is 14.1. The summed E-state index contributed by atoms with van der Waals surface area (Å²) in [7, 11) is 1.73. The molecule has 2 amide bonds. The molecule has 0 bridgehead atoms. The number of fused-ring (bicyclic) bond motifs is 1. The number of aromatic nitrogens is 1. The zero-order chi connectivity index (χ0) is 18.7. The average molecular weight is 369 g/mol. The first-order valence-corrected chi connectivity index (χ1v) is 8.91. The van der Waals surface area contributed by atoms with Crippen molar-refractivity contribution >= 4 is 33.4 Å². The molecule has 0 fully saturated rings. The van der Waals surface area contributed by atoms with Crippen LogP contribution in [0.3, 0.4) is 0 Å². The lowest BCUT2D eigenvalue weighted by atomic mass is 10.2. The fourth-order valence-corrected chi connectivity index (χ4v) is 3.48. The van der Waals surface area contributed by atoms with Crippen molar-refractivity contribution in [1.29, 1.82) is 0 Å². The summed E-state index contributed by atoms with van der Waals surface area (Å²) in [6.45, 7) is 1.85. The van der Waals surface area contributed by atoms with E-state index in [-0.39, 0.29) is 18.6 Å². The molecule has 1 heterocycles. The van der Waals surface area contributed by atoms with E-state index in [1.54, 1.807) is 47.5 Å². The fourth-order valence-electron chi connectivity index (χ4n) is 2.41. The molecule has 0 aliphatic rings. The highest BCUT2D eigenvalue weighted by atomic mass is 32.1. The Hall–Kier alpha value is -2.93. The number of nitrogens with two attached hydrogens (primary N) is 1. The molecule has 0 aliphatic heterocycles. The summed E-state index contributed by atoms with van der Waals surface area (Å²) in [5.74, 6) is -0.155. The van der Waals surface area contributed by atoms with Crippen LogP contribution in [0.1, 0.15) is 28.3 Å². The Kier molecular flexibility index (Phi) is 5.18. The van der Waals surface area contributed by atoms with Gasteiger partial charge in [0.15, 0.2) is 6.61 Å². The Morgan fingerprint density at radius 1 is 1.19 bits per heavy atom. The predicted molar refractivity (Wildman–Crippen MR) is 101 cm³/mol. The molecule has 6 nitrogen and oxygen atoms in total. The molecular weight excluding hydrogens is 350 g/mol. The number of carbonyl (C=O) groups excluding carboxylic acids is 2. The lowest BCUT2D eigenvalue weighted by molar-refractivity contribution is -0.134. The number of thiazole rings is 1. The number of carbonyl (C=O) groups is 2. The number of rotatable bonds is 6. The van der Waals surface area contributed by atoms with Gasteiger partial charge >= 0.3 is 0 Å². The monoisotopic (exact) mass is 369 g/mol. The van der Waals surface area contributed by atoms with Crippen LogP contribution in [0, 0.1) is 0 Å². The molecule has 0 saturated heterocycles. The number of likely N-dealkylation sites (N-methyl/N-ethyl adjacent to an activating group) is 1. The molecule has 134 valence electrons. The second kappa shape index (κ2) is 7.53. The van der Waals surface area contributed by atoms with Crippen molar-refractivity contribution in [2.45, 2.75) is 13.0 Å². The van der Waals surface area contributed by atoms with Crippen molar-refractivity contribution < 1.29 is 14.3 Å². The Morgan fingerprint density at radius 3 is 2.54 bits per heavy atom. The van der Waals surface area contributed by atoms with E-state index in [0.717, 1.165) is 15.2 Å². The summed E-state index contributed by atoms with van der Waals surface area (Å²) < 4.78 is 6.61. The van der Waals surface area contributed by atoms with E-state index in [0.29, 0.717) is 11.3 Å². The van der Waals surface area contributed by atoms with E-state index >= 15 is 0 Å². The molecule has 0 saturated carbocycles. The molecule has 26 heavy (non-hydrogen) atoms. The maximum atomic E-state index is 12.4. The Bertz CT molecular complexity index is 904. The van der Waals surface area contributed by atoms with Crippen LogP contribution >= 0.6 is 11.3 Å². The minimum Gasteiger partial charge on any atom is -0.484 e. The molecule has 0 spiro atoms. The van der Waals surface area contributed by atoms with Gasteiger partial charge in [0.1, 0.15) is 10.8 Å². The summed E-state index contributed by atoms with van der Waals surface area (Å²) in [6.07, 6.45) is 0. The van der Waals surface area contributed by atoms with Crippen LogP contribution in [0.4, 0.5) is 0 Å². The molecule has 3 aromatic rings. The number of primary amides is 1. The fraction of sp³-hybridized carbons (Fsp3) is 0.211. The highest BCUT2D eigenvalue weighted by Gasteiger charge is 2.21. The maximum Gasteiger partial charge on any atom is 0.260 e. The normalized spacial score (nSPS) is 11.9. The van der Waals surface area contributed by atoms with Gasteiger partial charge in [-0.05, 0) is 43.3 Å². The van der Waals surface area contributed by atoms with E-state index in [4.69, 9.17) is 10.5 Å². The van der Waals surface area contributed by atoms with E-state index in [1.165, 1.54) is 0 Å². The summed E-state index contributed by atoms with van der Waals surface area (Å²) in [4.78, 5) is 29.7. The molecule has 0 unspecified atom stereocenters. The SMILES string of the molecule is C[C@@H](c1nc2ccccc2s1)N(C)C(=O)COc1ccc(C(N)=O)cc1. The van der Waals surface area contributed by atoms with Gasteiger partial charge in [-0.15, -0.1) is 11.3 Å². The molecule has 7 heteroatoms. The third-order valence-corrected chi connectivity index (χ3v) is 5.35. The van der Waals surface area contributed by atoms with Gasteiger partial charge in [0, 0.05) is 12.6 Å². The van der Waals surface area contributed by atoms with E-state index in [2.05, 4.69) is 4.98 Å². The number of hydrogen-bond acceptors (Lipinski definition) is 5. The first kappa shape index (κ1) is 17.9. The highest BCUT2D eigenvalue weighted by Crippen LogP contribution is 2.28. The molecule has 0 aliphatic carbocycles. The van der Waals surface area contributed by atoms with Crippen molar-refractivity contribution in [2.24, 2.45) is 5.73 Å². The van der Waals surface area contributed by atoms with Crippen molar-refractivity contribution in [3.63, 3.8) is 0 Å². The Labute approximate surface area is 155 Å². The van der Waals surface area contributed by atoms with Gasteiger partial charge in [0.25, 0.3) is 5.91 Å². The third-order valence-electron chi connectivity index (χ3n) is 4.14. The number of ether oxygens (including phenoxy) is 1. The summed E-state index contributed by atoms with van der Waals surface area (Å²) in [5, 5.41) is 0.882. The first-order chi connectivity index (χ1) is 12.5. The third kappa shape index (κ3) is 3.83. The van der Waals surface area contributed by atoms with Crippen LogP contribution in [0.25, 0.3) is 10.2 Å². The number of benzene rings is 2. The smallest absolute Gasteiger partial charge is 0.260 e. The van der Waals surface area contributed by atoms with Crippen molar-refractivity contribution in [3.8, 4) is 5.75 Å². The van der Waals surface area contributed by atoms with Gasteiger partial charge in [0.05, 0.1) is 16.3 Å². The standard InChI is InChI=1S/C19H19N3O3S/c1-12(19-21-15-5-3-4-6-16(15)26-19)22(2)17(23)11-25-14-9-7-13(8-10-14)18(20)24/h3-10,12H,11H2,1-2H3,(H2,20,24)/t12-/m0/s1. The zero-order valence-corrected chi connectivity index (χ0v) is 15.3. The van der Waals surface area contributed by atoms with Gasteiger partial charge in [0.2, 0.25) is 5.91 Å². The van der Waals surface area contributed by atoms with Crippen LogP contribution < -0.4 is 10.5 Å². The summed E-state index contributed by atoms with van der Waals surface area (Å²) >= 11 is 1.58. The van der Waals surface area contributed by atoms with Crippen LogP contribution in [0.15, 0.2) is 48.5 Å². The van der Waals surface area contributed by atoms with Crippen molar-refractivity contribution in [1.82, 2.24) is 9.88 Å². The molecule has 2 N–H and O–H groups in total. The number of hydrogen-bond donors (Lipinski definition) is 1. The quantitative estimate of drug-likeness (QED) is 0.724. The molecule has 1 aromatic heterocycles. The maximum absolute atomic E-state index is 12.4. The first-order valence-electron chi connectivity index (χ1n) is 8.09. The van der Waals surface area contributed by atoms with Crippen LogP contribution in [0.5, 0.6) is 5.75 Å². The number of nitrogens with zero attached hydrogens (tertiary/aromatic N) is 2. The Balaban J connectivity index is 1.62. The largest absolute Gasteiger partial charge is 0.484 e. The number of amides is 2. The minimum atomic E-state index is -0.503. The van der Waals surface area contributed by atoms with Crippen molar-refractivity contribution in [3.05, 3.63) is 59.1 Å². The minimum absolute atomic E-state index is 0.0956. The average Bonchev–Trinajstić information content (AvgIpc) is 3.09. The van der Waals surface area contributed by atoms with Gasteiger partial charge in [-0.3, -0.25) is 9.59 Å².